The second-order valence-electron chi connectivity index (χ2n) is 7.35. The fourth-order valence-electron chi connectivity index (χ4n) is 2.86. The standard InChI is InChI=1S/C17H15BF4N4O2/c1-16(2)8-27-18(28-9-16)11-5-10(3-4-12(11)19)13-6-23-15-25-14(17(20,21)22)7-24-26(13)15/h3-7H,8-9H2,1-2H3. The molecule has 0 radical (unpaired) electrons. The van der Waals surface area contributed by atoms with Crippen molar-refractivity contribution in [2.75, 3.05) is 13.2 Å². The first-order valence-electron chi connectivity index (χ1n) is 8.45. The average molecular weight is 394 g/mol. The Morgan fingerprint density at radius 1 is 1.14 bits per heavy atom. The van der Waals surface area contributed by atoms with Gasteiger partial charge in [0.15, 0.2) is 5.69 Å². The molecule has 0 aliphatic carbocycles. The van der Waals surface area contributed by atoms with Gasteiger partial charge in [0.1, 0.15) is 5.82 Å². The molecule has 11 heteroatoms. The molecule has 1 saturated heterocycles. The third kappa shape index (κ3) is 3.47. The Labute approximate surface area is 157 Å². The van der Waals surface area contributed by atoms with Gasteiger partial charge < -0.3 is 9.31 Å². The summed E-state index contributed by atoms with van der Waals surface area (Å²) >= 11 is 0. The molecule has 0 atom stereocenters. The van der Waals surface area contributed by atoms with Crippen LogP contribution in [0.5, 0.6) is 0 Å². The van der Waals surface area contributed by atoms with E-state index in [1.54, 1.807) is 0 Å². The molecule has 3 heterocycles. The van der Waals surface area contributed by atoms with Gasteiger partial charge in [-0.25, -0.2) is 14.4 Å². The minimum absolute atomic E-state index is 0.169. The van der Waals surface area contributed by atoms with E-state index >= 15 is 0 Å². The molecule has 0 N–H and O–H groups in total. The lowest BCUT2D eigenvalue weighted by Gasteiger charge is -2.33. The van der Waals surface area contributed by atoms with Crippen molar-refractivity contribution >= 4 is 18.4 Å². The zero-order chi connectivity index (χ0) is 20.1. The van der Waals surface area contributed by atoms with Crippen molar-refractivity contribution in [2.45, 2.75) is 20.0 Å². The van der Waals surface area contributed by atoms with E-state index < -0.39 is 24.8 Å². The molecule has 0 unspecified atom stereocenters. The third-order valence-corrected chi connectivity index (χ3v) is 4.32. The molecule has 0 spiro atoms. The lowest BCUT2D eigenvalue weighted by atomic mass is 9.75. The summed E-state index contributed by atoms with van der Waals surface area (Å²) in [6, 6.07) is 4.24. The first-order chi connectivity index (χ1) is 13.1. The largest absolute Gasteiger partial charge is 0.496 e. The van der Waals surface area contributed by atoms with Gasteiger partial charge in [-0.05, 0) is 12.1 Å². The zero-order valence-corrected chi connectivity index (χ0v) is 15.0. The van der Waals surface area contributed by atoms with Crippen LogP contribution in [-0.4, -0.2) is 39.9 Å². The SMILES string of the molecule is CC1(C)COB(c2cc(-c3cnc4nc(C(F)(F)F)cnn34)ccc2F)OC1. The maximum atomic E-state index is 14.4. The van der Waals surface area contributed by atoms with Crippen molar-refractivity contribution < 1.29 is 26.9 Å². The third-order valence-electron chi connectivity index (χ3n) is 4.32. The lowest BCUT2D eigenvalue weighted by molar-refractivity contribution is -0.141. The van der Waals surface area contributed by atoms with Crippen LogP contribution in [-0.2, 0) is 15.5 Å². The molecule has 146 valence electrons. The van der Waals surface area contributed by atoms with Crippen LogP contribution < -0.4 is 5.46 Å². The van der Waals surface area contributed by atoms with Gasteiger partial charge in [-0.3, -0.25) is 0 Å². The van der Waals surface area contributed by atoms with Gasteiger partial charge in [0.05, 0.1) is 18.1 Å². The molecule has 1 aromatic carbocycles. The van der Waals surface area contributed by atoms with Crippen LogP contribution in [0.25, 0.3) is 17.0 Å². The molecule has 0 saturated carbocycles. The number of benzene rings is 1. The smallest absolute Gasteiger partial charge is 0.407 e. The summed E-state index contributed by atoms with van der Waals surface area (Å²) in [6.07, 6.45) is -2.66. The monoisotopic (exact) mass is 394 g/mol. The van der Waals surface area contributed by atoms with E-state index in [0.717, 1.165) is 4.52 Å². The van der Waals surface area contributed by atoms with Crippen molar-refractivity contribution in [3.8, 4) is 11.3 Å². The van der Waals surface area contributed by atoms with Crippen molar-refractivity contribution in [2.24, 2.45) is 5.41 Å². The summed E-state index contributed by atoms with van der Waals surface area (Å²) in [5, 5.41) is 3.78. The fraction of sp³-hybridized carbons (Fsp3) is 0.353. The highest BCUT2D eigenvalue weighted by molar-refractivity contribution is 6.61. The first kappa shape index (κ1) is 18.8. The van der Waals surface area contributed by atoms with Crippen molar-refractivity contribution in [1.82, 2.24) is 19.6 Å². The molecule has 0 bridgehead atoms. The number of imidazole rings is 1. The number of fused-ring (bicyclic) bond motifs is 1. The van der Waals surface area contributed by atoms with Gasteiger partial charge in [0, 0.05) is 29.7 Å². The topological polar surface area (TPSA) is 61.5 Å². The van der Waals surface area contributed by atoms with Gasteiger partial charge in [-0.1, -0.05) is 19.9 Å². The average Bonchev–Trinajstić information content (AvgIpc) is 3.05. The Hall–Kier alpha value is -2.53. The minimum atomic E-state index is -4.62. The van der Waals surface area contributed by atoms with Crippen LogP contribution in [0.2, 0.25) is 0 Å². The molecule has 3 aromatic rings. The van der Waals surface area contributed by atoms with E-state index in [2.05, 4.69) is 15.1 Å². The normalized spacial score (nSPS) is 17.3. The fourth-order valence-corrected chi connectivity index (χ4v) is 2.86. The van der Waals surface area contributed by atoms with Crippen LogP contribution in [0, 0.1) is 11.2 Å². The number of alkyl halides is 3. The molecule has 6 nitrogen and oxygen atoms in total. The number of halogens is 4. The maximum absolute atomic E-state index is 14.4. The molecule has 0 amide bonds. The Bertz CT molecular complexity index is 1030. The van der Waals surface area contributed by atoms with Crippen LogP contribution in [0.1, 0.15) is 19.5 Å². The summed E-state index contributed by atoms with van der Waals surface area (Å²) in [6.45, 7) is 4.76. The summed E-state index contributed by atoms with van der Waals surface area (Å²) < 4.78 is 65.2. The van der Waals surface area contributed by atoms with Gasteiger partial charge in [0.25, 0.3) is 5.78 Å². The highest BCUT2D eigenvalue weighted by atomic mass is 19.4. The maximum Gasteiger partial charge on any atom is 0.496 e. The van der Waals surface area contributed by atoms with E-state index in [-0.39, 0.29) is 16.7 Å². The summed E-state index contributed by atoms with van der Waals surface area (Å²) in [7, 11) is -0.866. The first-order valence-corrected chi connectivity index (χ1v) is 8.45. The summed E-state index contributed by atoms with van der Waals surface area (Å²) in [5.74, 6) is -0.713. The van der Waals surface area contributed by atoms with Crippen molar-refractivity contribution in [3.63, 3.8) is 0 Å². The van der Waals surface area contributed by atoms with Gasteiger partial charge in [0.2, 0.25) is 0 Å². The van der Waals surface area contributed by atoms with Gasteiger partial charge in [-0.2, -0.15) is 22.8 Å². The molecule has 1 aliphatic rings. The Morgan fingerprint density at radius 3 is 2.54 bits per heavy atom. The van der Waals surface area contributed by atoms with E-state index in [0.29, 0.717) is 30.7 Å². The van der Waals surface area contributed by atoms with Crippen molar-refractivity contribution in [1.29, 1.82) is 0 Å². The minimum Gasteiger partial charge on any atom is -0.407 e. The molecule has 1 aliphatic heterocycles. The van der Waals surface area contributed by atoms with Crippen LogP contribution in [0.4, 0.5) is 17.6 Å². The van der Waals surface area contributed by atoms with Crippen molar-refractivity contribution in [3.05, 3.63) is 42.1 Å². The van der Waals surface area contributed by atoms with E-state index in [1.807, 2.05) is 13.8 Å². The summed E-state index contributed by atoms with van der Waals surface area (Å²) in [4.78, 5) is 7.37. The Kier molecular flexibility index (Phi) is 4.38. The van der Waals surface area contributed by atoms with Gasteiger partial charge in [-0.15, -0.1) is 0 Å². The molecule has 28 heavy (non-hydrogen) atoms. The predicted molar refractivity (Wildman–Crippen MR) is 92.3 cm³/mol. The lowest BCUT2D eigenvalue weighted by Crippen LogP contribution is -2.48. The van der Waals surface area contributed by atoms with Crippen LogP contribution in [0.15, 0.2) is 30.6 Å². The van der Waals surface area contributed by atoms with E-state index in [9.17, 15) is 17.6 Å². The predicted octanol–water partition coefficient (Wildman–Crippen LogP) is 2.72. The Balaban J connectivity index is 1.70. The van der Waals surface area contributed by atoms with E-state index in [1.165, 1.54) is 24.4 Å². The zero-order valence-electron chi connectivity index (χ0n) is 15.0. The highest BCUT2D eigenvalue weighted by Crippen LogP contribution is 2.28. The Morgan fingerprint density at radius 2 is 1.86 bits per heavy atom. The van der Waals surface area contributed by atoms with Crippen LogP contribution >= 0.6 is 0 Å². The molecular weight excluding hydrogens is 379 g/mol. The number of hydrogen-bond acceptors (Lipinski definition) is 5. The highest BCUT2D eigenvalue weighted by Gasteiger charge is 2.36. The van der Waals surface area contributed by atoms with Crippen LogP contribution in [0.3, 0.4) is 0 Å². The number of aromatic nitrogens is 4. The second kappa shape index (κ2) is 6.52. The molecule has 4 rings (SSSR count). The number of hydrogen-bond donors (Lipinski definition) is 0. The summed E-state index contributed by atoms with van der Waals surface area (Å²) in [5.41, 5.74) is -0.243. The number of rotatable bonds is 2. The van der Waals surface area contributed by atoms with E-state index in [4.69, 9.17) is 9.31 Å². The number of nitrogens with zero attached hydrogens (tertiary/aromatic N) is 4. The van der Waals surface area contributed by atoms with Gasteiger partial charge >= 0.3 is 13.3 Å². The molecular formula is C17H15BF4N4O2. The molecule has 2 aromatic heterocycles. The molecule has 1 fully saturated rings. The quantitative estimate of drug-likeness (QED) is 0.494. The second-order valence-corrected chi connectivity index (χ2v) is 7.35.